The minimum Gasteiger partial charge on any atom is -0.489 e. The molecule has 0 saturated heterocycles. The van der Waals surface area contributed by atoms with Crippen LogP contribution in [0.25, 0.3) is 0 Å². The first kappa shape index (κ1) is 16.4. The predicted octanol–water partition coefficient (Wildman–Crippen LogP) is 3.92. The zero-order valence-electron chi connectivity index (χ0n) is 12.3. The summed E-state index contributed by atoms with van der Waals surface area (Å²) in [6, 6.07) is 8.96. The maximum atomic E-state index is 12.8. The maximum Gasteiger partial charge on any atom is 0.287 e. The fourth-order valence-corrected chi connectivity index (χ4v) is 1.92. The Morgan fingerprint density at radius 3 is 2.55 bits per heavy atom. The summed E-state index contributed by atoms with van der Waals surface area (Å²) in [6.45, 7) is 3.86. The molecule has 2 aromatic rings. The van der Waals surface area contributed by atoms with Crippen LogP contribution in [0.5, 0.6) is 5.75 Å². The number of halogens is 2. The van der Waals surface area contributed by atoms with Crippen LogP contribution in [0, 0.1) is 5.82 Å². The van der Waals surface area contributed by atoms with Gasteiger partial charge in [0.15, 0.2) is 5.76 Å². The number of nitrogens with one attached hydrogen (secondary N) is 1. The van der Waals surface area contributed by atoms with Gasteiger partial charge in [-0.3, -0.25) is 4.79 Å². The molecule has 0 radical (unpaired) electrons. The molecule has 1 heterocycles. The summed E-state index contributed by atoms with van der Waals surface area (Å²) in [4.78, 5) is 11.9. The van der Waals surface area contributed by atoms with Crippen molar-refractivity contribution in [3.05, 3.63) is 53.7 Å². The van der Waals surface area contributed by atoms with Crippen molar-refractivity contribution in [3.63, 3.8) is 0 Å². The highest BCUT2D eigenvalue weighted by Crippen LogP contribution is 2.21. The topological polar surface area (TPSA) is 51.5 Å². The third-order valence-corrected chi connectivity index (χ3v) is 3.16. The lowest BCUT2D eigenvalue weighted by Crippen LogP contribution is -2.33. The van der Waals surface area contributed by atoms with Gasteiger partial charge in [0.2, 0.25) is 0 Å². The van der Waals surface area contributed by atoms with E-state index in [1.54, 1.807) is 26.0 Å². The summed E-state index contributed by atoms with van der Waals surface area (Å²) in [7, 11) is 0. The molecule has 6 heteroatoms. The molecule has 0 aliphatic rings. The number of carbonyl (C=O) groups excluding carboxylic acids is 1. The molecule has 4 nitrogen and oxygen atoms in total. The van der Waals surface area contributed by atoms with Crippen molar-refractivity contribution in [1.29, 1.82) is 0 Å². The molecule has 2 rings (SSSR count). The van der Waals surface area contributed by atoms with Crippen molar-refractivity contribution < 1.29 is 18.3 Å². The highest BCUT2D eigenvalue weighted by Gasteiger charge is 2.14. The molecular formula is C16H17ClFNO3. The fourth-order valence-electron chi connectivity index (χ4n) is 1.80. The quantitative estimate of drug-likeness (QED) is 0.819. The Morgan fingerprint density at radius 2 is 1.95 bits per heavy atom. The summed E-state index contributed by atoms with van der Waals surface area (Å²) in [5.74, 6) is 0.631. The second kappa shape index (κ2) is 7.31. The van der Waals surface area contributed by atoms with E-state index < -0.39 is 0 Å². The Labute approximate surface area is 133 Å². The van der Waals surface area contributed by atoms with Crippen molar-refractivity contribution in [3.8, 4) is 5.75 Å². The maximum absolute atomic E-state index is 12.8. The lowest BCUT2D eigenvalue weighted by atomic mass is 10.3. The van der Waals surface area contributed by atoms with E-state index in [2.05, 4.69) is 5.32 Å². The largest absolute Gasteiger partial charge is 0.489 e. The van der Waals surface area contributed by atoms with Crippen LogP contribution in [0.4, 0.5) is 4.39 Å². The summed E-state index contributed by atoms with van der Waals surface area (Å²) < 4.78 is 23.7. The van der Waals surface area contributed by atoms with Gasteiger partial charge < -0.3 is 14.5 Å². The summed E-state index contributed by atoms with van der Waals surface area (Å²) in [6.07, 6.45) is -0.268. The van der Waals surface area contributed by atoms with Gasteiger partial charge in [-0.15, -0.1) is 11.6 Å². The second-order valence-corrected chi connectivity index (χ2v) is 5.57. The van der Waals surface area contributed by atoms with E-state index in [1.165, 1.54) is 24.3 Å². The highest BCUT2D eigenvalue weighted by molar-refractivity contribution is 6.20. The van der Waals surface area contributed by atoms with Crippen LogP contribution in [-0.2, 0) is 0 Å². The van der Waals surface area contributed by atoms with E-state index in [0.29, 0.717) is 18.1 Å². The van der Waals surface area contributed by atoms with Gasteiger partial charge in [0, 0.05) is 0 Å². The minimum absolute atomic E-state index is 0.205. The smallest absolute Gasteiger partial charge is 0.287 e. The van der Waals surface area contributed by atoms with E-state index in [0.717, 1.165) is 0 Å². The molecule has 0 bridgehead atoms. The van der Waals surface area contributed by atoms with Crippen LogP contribution in [0.3, 0.4) is 0 Å². The van der Waals surface area contributed by atoms with Gasteiger partial charge in [-0.25, -0.2) is 4.39 Å². The lowest BCUT2D eigenvalue weighted by Gasteiger charge is -2.15. The molecule has 2 unspecified atom stereocenters. The number of amides is 1. The third-order valence-electron chi connectivity index (χ3n) is 2.94. The van der Waals surface area contributed by atoms with Crippen molar-refractivity contribution >= 4 is 17.5 Å². The monoisotopic (exact) mass is 325 g/mol. The number of furan rings is 1. The van der Waals surface area contributed by atoms with E-state index in [9.17, 15) is 9.18 Å². The fraction of sp³-hybridized carbons (Fsp3) is 0.312. The van der Waals surface area contributed by atoms with Crippen molar-refractivity contribution in [2.24, 2.45) is 0 Å². The average Bonchev–Trinajstić information content (AvgIpc) is 2.97. The molecule has 0 aliphatic heterocycles. The highest BCUT2D eigenvalue weighted by atomic mass is 35.5. The van der Waals surface area contributed by atoms with Crippen LogP contribution in [0.1, 0.15) is 35.5 Å². The van der Waals surface area contributed by atoms with Crippen LogP contribution in [-0.4, -0.2) is 18.6 Å². The predicted molar refractivity (Wildman–Crippen MR) is 81.8 cm³/mol. The molecule has 1 N–H and O–H groups in total. The van der Waals surface area contributed by atoms with Gasteiger partial charge >= 0.3 is 0 Å². The second-order valence-electron chi connectivity index (χ2n) is 4.91. The van der Waals surface area contributed by atoms with Gasteiger partial charge in [0.05, 0.1) is 11.9 Å². The van der Waals surface area contributed by atoms with Gasteiger partial charge in [0.1, 0.15) is 23.4 Å². The Hall–Kier alpha value is -2.01. The molecule has 1 aromatic carbocycles. The normalized spacial score (nSPS) is 13.5. The van der Waals surface area contributed by atoms with Crippen molar-refractivity contribution in [1.82, 2.24) is 5.32 Å². The van der Waals surface area contributed by atoms with E-state index in [-0.39, 0.29) is 29.0 Å². The van der Waals surface area contributed by atoms with Gasteiger partial charge in [-0.2, -0.15) is 0 Å². The number of rotatable bonds is 6. The van der Waals surface area contributed by atoms with Crippen molar-refractivity contribution in [2.75, 3.05) is 6.54 Å². The summed E-state index contributed by atoms with van der Waals surface area (Å²) in [5.41, 5.74) is 0. The number of ether oxygens (including phenoxy) is 1. The number of carbonyl (C=O) groups is 1. The van der Waals surface area contributed by atoms with Crippen LogP contribution < -0.4 is 10.1 Å². The number of benzene rings is 1. The zero-order valence-corrected chi connectivity index (χ0v) is 13.1. The van der Waals surface area contributed by atoms with E-state index in [1.807, 2.05) is 0 Å². The van der Waals surface area contributed by atoms with E-state index >= 15 is 0 Å². The molecule has 0 spiro atoms. The van der Waals surface area contributed by atoms with Crippen molar-refractivity contribution in [2.45, 2.75) is 25.3 Å². The Morgan fingerprint density at radius 1 is 1.27 bits per heavy atom. The minimum atomic E-state index is -0.335. The first-order valence-electron chi connectivity index (χ1n) is 6.90. The molecule has 1 amide bonds. The molecule has 1 aromatic heterocycles. The SMILES string of the molecule is CC(CNC(=O)c1ccc(C(C)Cl)o1)Oc1ccc(F)cc1. The lowest BCUT2D eigenvalue weighted by molar-refractivity contribution is 0.0903. The Bertz CT molecular complexity index is 625. The standard InChI is InChI=1S/C16H17ClFNO3/c1-10(21-13-5-3-12(18)4-6-13)9-19-16(20)15-8-7-14(22-15)11(2)17/h3-8,10-11H,9H2,1-2H3,(H,19,20). The average molecular weight is 326 g/mol. The van der Waals surface area contributed by atoms with Gasteiger partial charge in [-0.1, -0.05) is 0 Å². The van der Waals surface area contributed by atoms with Crippen LogP contribution >= 0.6 is 11.6 Å². The summed E-state index contributed by atoms with van der Waals surface area (Å²) >= 11 is 5.88. The third kappa shape index (κ3) is 4.49. The van der Waals surface area contributed by atoms with Crippen LogP contribution in [0.15, 0.2) is 40.8 Å². The molecule has 0 saturated carbocycles. The molecule has 22 heavy (non-hydrogen) atoms. The zero-order chi connectivity index (χ0) is 16.1. The Kier molecular flexibility index (Phi) is 5.44. The first-order chi connectivity index (χ1) is 10.5. The Balaban J connectivity index is 1.83. The molecule has 0 fully saturated rings. The molecular weight excluding hydrogens is 309 g/mol. The van der Waals surface area contributed by atoms with Crippen LogP contribution in [0.2, 0.25) is 0 Å². The number of alkyl halides is 1. The van der Waals surface area contributed by atoms with Gasteiger partial charge in [-0.05, 0) is 50.2 Å². The number of hydrogen-bond acceptors (Lipinski definition) is 3. The van der Waals surface area contributed by atoms with Gasteiger partial charge in [0.25, 0.3) is 5.91 Å². The molecule has 118 valence electrons. The first-order valence-corrected chi connectivity index (χ1v) is 7.33. The molecule has 0 aliphatic carbocycles. The van der Waals surface area contributed by atoms with E-state index in [4.69, 9.17) is 20.8 Å². The summed E-state index contributed by atoms with van der Waals surface area (Å²) in [5, 5.41) is 2.42. The number of hydrogen-bond donors (Lipinski definition) is 1. The molecule has 2 atom stereocenters.